The van der Waals surface area contributed by atoms with E-state index in [1.165, 1.54) is 0 Å². The van der Waals surface area contributed by atoms with Gasteiger partial charge in [0, 0.05) is 28.7 Å². The van der Waals surface area contributed by atoms with Crippen LogP contribution in [0.15, 0.2) is 48.7 Å². The first kappa shape index (κ1) is 19.3. The minimum atomic E-state index is -0.444. The molecule has 0 saturated carbocycles. The molecule has 7 heteroatoms. The molecule has 3 aromatic rings. The van der Waals surface area contributed by atoms with Crippen LogP contribution in [0.4, 0.5) is 0 Å². The van der Waals surface area contributed by atoms with Crippen molar-refractivity contribution in [3.63, 3.8) is 0 Å². The van der Waals surface area contributed by atoms with Crippen molar-refractivity contribution in [3.8, 4) is 5.75 Å². The molecule has 2 heterocycles. The molecule has 1 aliphatic heterocycles. The zero-order valence-electron chi connectivity index (χ0n) is 15.7. The number of aromatic amines is 1. The Morgan fingerprint density at radius 1 is 1.24 bits per heavy atom. The van der Waals surface area contributed by atoms with Gasteiger partial charge in [0.2, 0.25) is 0 Å². The number of carbonyl (C=O) groups is 2. The number of hydrogen-bond donors (Lipinski definition) is 2. The van der Waals surface area contributed by atoms with Crippen molar-refractivity contribution in [2.75, 3.05) is 19.8 Å². The molecule has 150 valence electrons. The van der Waals surface area contributed by atoms with Crippen LogP contribution in [0.2, 0.25) is 5.02 Å². The molecule has 6 nitrogen and oxygen atoms in total. The summed E-state index contributed by atoms with van der Waals surface area (Å²) in [7, 11) is 0. The largest absolute Gasteiger partial charge is 0.492 e. The van der Waals surface area contributed by atoms with Gasteiger partial charge in [-0.2, -0.15) is 0 Å². The second kappa shape index (κ2) is 8.57. The van der Waals surface area contributed by atoms with Gasteiger partial charge in [0.25, 0.3) is 5.91 Å². The number of carbonyl (C=O) groups excluding carboxylic acids is 2. The summed E-state index contributed by atoms with van der Waals surface area (Å²) in [4.78, 5) is 27.5. The molecule has 2 aromatic carbocycles. The molecule has 0 fully saturated rings. The summed E-state index contributed by atoms with van der Waals surface area (Å²) in [5.74, 6) is -0.478. The first-order valence-electron chi connectivity index (χ1n) is 9.49. The van der Waals surface area contributed by atoms with Crippen LogP contribution in [-0.2, 0) is 27.2 Å². The molecule has 4 rings (SSSR count). The van der Waals surface area contributed by atoms with Gasteiger partial charge >= 0.3 is 5.97 Å². The van der Waals surface area contributed by atoms with Crippen molar-refractivity contribution in [1.82, 2.24) is 10.3 Å². The molecule has 0 bridgehead atoms. The van der Waals surface area contributed by atoms with Gasteiger partial charge in [-0.25, -0.2) is 0 Å². The number of H-pyrrole nitrogens is 1. The Labute approximate surface area is 173 Å². The molecule has 1 amide bonds. The normalized spacial score (nSPS) is 15.4. The number of amides is 1. The van der Waals surface area contributed by atoms with Crippen LogP contribution >= 0.6 is 11.6 Å². The van der Waals surface area contributed by atoms with E-state index in [4.69, 9.17) is 21.1 Å². The summed E-state index contributed by atoms with van der Waals surface area (Å²) in [6.45, 7) is 0.401. The minimum absolute atomic E-state index is 0.232. The number of nitrogens with one attached hydrogen (secondary N) is 2. The van der Waals surface area contributed by atoms with E-state index in [0.29, 0.717) is 24.4 Å². The van der Waals surface area contributed by atoms with E-state index in [-0.39, 0.29) is 19.1 Å². The molecular formula is C22H21ClN2O4. The third-order valence-corrected chi connectivity index (χ3v) is 5.23. The molecule has 0 spiro atoms. The fraction of sp³-hybridized carbons (Fsp3) is 0.273. The minimum Gasteiger partial charge on any atom is -0.492 e. The van der Waals surface area contributed by atoms with Crippen LogP contribution in [0.5, 0.6) is 5.75 Å². The number of fused-ring (bicyclic) bond motifs is 2. The molecule has 0 unspecified atom stereocenters. The maximum absolute atomic E-state index is 12.3. The number of rotatable bonds is 6. The van der Waals surface area contributed by atoms with Gasteiger partial charge in [-0.3, -0.25) is 9.59 Å². The number of aromatic nitrogens is 1. The fourth-order valence-electron chi connectivity index (χ4n) is 3.50. The molecule has 1 atom stereocenters. The molecule has 29 heavy (non-hydrogen) atoms. The molecule has 0 radical (unpaired) electrons. The quantitative estimate of drug-likeness (QED) is 0.609. The van der Waals surface area contributed by atoms with Gasteiger partial charge in [-0.05, 0) is 48.2 Å². The summed E-state index contributed by atoms with van der Waals surface area (Å²) in [5.41, 5.74) is 3.07. The van der Waals surface area contributed by atoms with Crippen molar-refractivity contribution in [3.05, 3.63) is 64.8 Å². The fourth-order valence-corrected chi connectivity index (χ4v) is 3.69. The number of esters is 1. The summed E-state index contributed by atoms with van der Waals surface area (Å²) in [6.07, 6.45) is 3.12. The van der Waals surface area contributed by atoms with Gasteiger partial charge in [0.15, 0.2) is 6.61 Å². The summed E-state index contributed by atoms with van der Waals surface area (Å²) in [5, 5.41) is 4.53. The van der Waals surface area contributed by atoms with E-state index >= 15 is 0 Å². The molecule has 0 aliphatic carbocycles. The van der Waals surface area contributed by atoms with Crippen molar-refractivity contribution < 1.29 is 19.1 Å². The zero-order valence-corrected chi connectivity index (χ0v) is 16.5. The molecule has 1 aliphatic rings. The van der Waals surface area contributed by atoms with E-state index in [1.54, 1.807) is 18.2 Å². The van der Waals surface area contributed by atoms with E-state index in [0.717, 1.165) is 27.8 Å². The second-order valence-electron chi connectivity index (χ2n) is 7.03. The Balaban J connectivity index is 1.22. The smallest absolute Gasteiger partial charge is 0.313 e. The van der Waals surface area contributed by atoms with Crippen molar-refractivity contribution in [2.24, 2.45) is 5.92 Å². The van der Waals surface area contributed by atoms with Gasteiger partial charge < -0.3 is 19.8 Å². The van der Waals surface area contributed by atoms with Gasteiger partial charge in [0.05, 0.1) is 5.92 Å². The lowest BCUT2D eigenvalue weighted by atomic mass is 9.97. The Morgan fingerprint density at radius 2 is 2.10 bits per heavy atom. The van der Waals surface area contributed by atoms with Crippen LogP contribution in [-0.4, -0.2) is 36.6 Å². The Bertz CT molecular complexity index is 1050. The topological polar surface area (TPSA) is 80.4 Å². The maximum atomic E-state index is 12.3. The first-order chi connectivity index (χ1) is 14.1. The number of hydrogen-bond acceptors (Lipinski definition) is 4. The number of ether oxygens (including phenoxy) is 2. The number of para-hydroxylation sites is 1. The standard InChI is InChI=1S/C22H21ClN2O4/c23-17-5-6-20-15(10-17)9-16(12-28-20)22(27)29-13-21(26)24-8-7-14-11-25-19-4-2-1-3-18(14)19/h1-6,10-11,16,25H,7-9,12-13H2,(H,24,26)/t16-/m0/s1. The van der Waals surface area contributed by atoms with E-state index in [2.05, 4.69) is 10.3 Å². The predicted octanol–water partition coefficient (Wildman–Crippen LogP) is 3.27. The third kappa shape index (κ3) is 4.54. The first-order valence-corrected chi connectivity index (χ1v) is 9.87. The lowest BCUT2D eigenvalue weighted by Crippen LogP contribution is -2.34. The van der Waals surface area contributed by atoms with E-state index in [1.807, 2.05) is 30.5 Å². The monoisotopic (exact) mass is 412 g/mol. The maximum Gasteiger partial charge on any atom is 0.313 e. The van der Waals surface area contributed by atoms with Crippen molar-refractivity contribution in [2.45, 2.75) is 12.8 Å². The average Bonchev–Trinajstić information content (AvgIpc) is 3.14. The van der Waals surface area contributed by atoms with Crippen LogP contribution < -0.4 is 10.1 Å². The van der Waals surface area contributed by atoms with Crippen molar-refractivity contribution >= 4 is 34.4 Å². The second-order valence-corrected chi connectivity index (χ2v) is 7.47. The molecular weight excluding hydrogens is 392 g/mol. The van der Waals surface area contributed by atoms with Crippen LogP contribution in [0, 0.1) is 5.92 Å². The highest BCUT2D eigenvalue weighted by Gasteiger charge is 2.27. The molecule has 0 saturated heterocycles. The lowest BCUT2D eigenvalue weighted by Gasteiger charge is -2.24. The summed E-state index contributed by atoms with van der Waals surface area (Å²) in [6, 6.07) is 13.3. The Hall–Kier alpha value is -2.99. The highest BCUT2D eigenvalue weighted by Crippen LogP contribution is 2.30. The Morgan fingerprint density at radius 3 is 3.00 bits per heavy atom. The Kier molecular flexibility index (Phi) is 5.71. The lowest BCUT2D eigenvalue weighted by molar-refractivity contribution is -0.153. The average molecular weight is 413 g/mol. The van der Waals surface area contributed by atoms with Crippen LogP contribution in [0.25, 0.3) is 10.9 Å². The third-order valence-electron chi connectivity index (χ3n) is 5.00. The van der Waals surface area contributed by atoms with Gasteiger partial charge in [-0.15, -0.1) is 0 Å². The van der Waals surface area contributed by atoms with Gasteiger partial charge in [-0.1, -0.05) is 29.8 Å². The van der Waals surface area contributed by atoms with Crippen molar-refractivity contribution in [1.29, 1.82) is 0 Å². The van der Waals surface area contributed by atoms with Crippen LogP contribution in [0.1, 0.15) is 11.1 Å². The molecule has 1 aromatic heterocycles. The molecule has 2 N–H and O–H groups in total. The zero-order chi connectivity index (χ0) is 20.2. The highest BCUT2D eigenvalue weighted by atomic mass is 35.5. The summed E-state index contributed by atoms with van der Waals surface area (Å²) >= 11 is 6.00. The summed E-state index contributed by atoms with van der Waals surface area (Å²) < 4.78 is 10.8. The number of halogens is 1. The van der Waals surface area contributed by atoms with E-state index < -0.39 is 11.9 Å². The van der Waals surface area contributed by atoms with E-state index in [9.17, 15) is 9.59 Å². The van der Waals surface area contributed by atoms with Gasteiger partial charge in [0.1, 0.15) is 12.4 Å². The SMILES string of the molecule is O=C(COC(=O)[C@@H]1COc2ccc(Cl)cc2C1)NCCc1c[nH]c2ccccc12. The highest BCUT2D eigenvalue weighted by molar-refractivity contribution is 6.30. The number of benzene rings is 2. The van der Waals surface area contributed by atoms with Crippen LogP contribution in [0.3, 0.4) is 0 Å². The predicted molar refractivity (Wildman–Crippen MR) is 110 cm³/mol.